The quantitative estimate of drug-likeness (QED) is 0.368. The molecule has 1 saturated heterocycles. The fraction of sp³-hybridized carbons (Fsp3) is 0.179. The average Bonchev–Trinajstić information content (AvgIpc) is 2.87. The molecule has 3 aromatic carbocycles. The van der Waals surface area contributed by atoms with Gasteiger partial charge < -0.3 is 14.2 Å². The van der Waals surface area contributed by atoms with Crippen molar-refractivity contribution in [3.8, 4) is 17.2 Å². The minimum absolute atomic E-state index is 0.194. The van der Waals surface area contributed by atoms with E-state index in [9.17, 15) is 14.4 Å². The fourth-order valence-corrected chi connectivity index (χ4v) is 3.63. The fourth-order valence-electron chi connectivity index (χ4n) is 3.63. The van der Waals surface area contributed by atoms with Crippen LogP contribution in [0.4, 0.5) is 10.5 Å². The van der Waals surface area contributed by atoms with Gasteiger partial charge in [-0.3, -0.25) is 14.9 Å². The molecule has 0 saturated carbocycles. The summed E-state index contributed by atoms with van der Waals surface area (Å²) in [5, 5.41) is 2.23. The van der Waals surface area contributed by atoms with Crippen LogP contribution in [-0.4, -0.2) is 31.6 Å². The van der Waals surface area contributed by atoms with Gasteiger partial charge in [0.2, 0.25) is 0 Å². The van der Waals surface area contributed by atoms with Crippen LogP contribution in [0.5, 0.6) is 17.2 Å². The Kier molecular flexibility index (Phi) is 7.34. The first-order valence-corrected chi connectivity index (χ1v) is 11.4. The number of anilines is 1. The van der Waals surface area contributed by atoms with E-state index < -0.39 is 17.8 Å². The van der Waals surface area contributed by atoms with Gasteiger partial charge in [-0.25, -0.2) is 9.69 Å². The molecular formula is C28H26N2O6. The first-order valence-electron chi connectivity index (χ1n) is 11.4. The molecule has 4 rings (SSSR count). The third-order valence-corrected chi connectivity index (χ3v) is 5.54. The molecule has 0 unspecified atom stereocenters. The molecular weight excluding hydrogens is 460 g/mol. The van der Waals surface area contributed by atoms with Gasteiger partial charge in [0, 0.05) is 11.6 Å². The number of benzene rings is 3. The van der Waals surface area contributed by atoms with Gasteiger partial charge in [0.15, 0.2) is 0 Å². The zero-order valence-corrected chi connectivity index (χ0v) is 20.2. The first-order chi connectivity index (χ1) is 17.4. The Morgan fingerprint density at radius 1 is 0.889 bits per heavy atom. The van der Waals surface area contributed by atoms with E-state index in [2.05, 4.69) is 5.32 Å². The molecule has 3 aromatic rings. The molecule has 1 fully saturated rings. The highest BCUT2D eigenvalue weighted by Crippen LogP contribution is 2.29. The maximum Gasteiger partial charge on any atom is 0.335 e. The number of hydrogen-bond acceptors (Lipinski definition) is 6. The van der Waals surface area contributed by atoms with Crippen LogP contribution in [0.2, 0.25) is 0 Å². The monoisotopic (exact) mass is 486 g/mol. The standard InChI is InChI=1S/C28H26N2O6/c1-4-35-25-16-23(34-3)12-9-20(25)15-24-26(31)29-28(33)30(27(24)32)21-10-13-22(14-11-21)36-17-19-7-5-18(2)6-8-19/h5-16H,4,17H2,1-3H3,(H,29,31,33)/b24-15+. The largest absolute Gasteiger partial charge is 0.497 e. The molecule has 4 amide bonds. The number of nitrogens with one attached hydrogen (secondary N) is 1. The lowest BCUT2D eigenvalue weighted by atomic mass is 10.1. The molecule has 1 heterocycles. The number of amides is 4. The van der Waals surface area contributed by atoms with E-state index in [1.165, 1.54) is 18.7 Å². The summed E-state index contributed by atoms with van der Waals surface area (Å²) in [6.45, 7) is 4.61. The molecule has 8 nitrogen and oxygen atoms in total. The van der Waals surface area contributed by atoms with E-state index >= 15 is 0 Å². The van der Waals surface area contributed by atoms with E-state index in [-0.39, 0.29) is 5.57 Å². The Bertz CT molecular complexity index is 1310. The van der Waals surface area contributed by atoms with Gasteiger partial charge in [-0.2, -0.15) is 0 Å². The Morgan fingerprint density at radius 2 is 1.58 bits per heavy atom. The first kappa shape index (κ1) is 24.5. The minimum atomic E-state index is -0.824. The van der Waals surface area contributed by atoms with Crippen LogP contribution in [0.15, 0.2) is 72.3 Å². The van der Waals surface area contributed by atoms with Crippen LogP contribution in [0.3, 0.4) is 0 Å². The number of urea groups is 1. The molecule has 0 aliphatic carbocycles. The summed E-state index contributed by atoms with van der Waals surface area (Å²) in [6.07, 6.45) is 1.40. The van der Waals surface area contributed by atoms with Gasteiger partial charge >= 0.3 is 6.03 Å². The lowest BCUT2D eigenvalue weighted by Gasteiger charge is -2.26. The van der Waals surface area contributed by atoms with Crippen LogP contribution in [0.25, 0.3) is 6.08 Å². The maximum absolute atomic E-state index is 13.2. The smallest absolute Gasteiger partial charge is 0.335 e. The molecule has 0 spiro atoms. The molecule has 0 aromatic heterocycles. The molecule has 0 bridgehead atoms. The van der Waals surface area contributed by atoms with E-state index in [1.54, 1.807) is 42.5 Å². The normalized spacial score (nSPS) is 14.6. The van der Waals surface area contributed by atoms with Crippen molar-refractivity contribution in [2.75, 3.05) is 18.6 Å². The predicted molar refractivity (Wildman–Crippen MR) is 135 cm³/mol. The zero-order chi connectivity index (χ0) is 25.7. The third kappa shape index (κ3) is 5.38. The number of carbonyl (C=O) groups is 3. The molecule has 184 valence electrons. The van der Waals surface area contributed by atoms with Crippen molar-refractivity contribution in [1.29, 1.82) is 0 Å². The van der Waals surface area contributed by atoms with Crippen molar-refractivity contribution in [2.45, 2.75) is 20.5 Å². The molecule has 1 aliphatic rings. The number of methoxy groups -OCH3 is 1. The number of carbonyl (C=O) groups excluding carboxylic acids is 3. The highest BCUT2D eigenvalue weighted by molar-refractivity contribution is 6.39. The number of barbiturate groups is 1. The molecule has 1 aliphatic heterocycles. The Labute approximate surface area is 209 Å². The summed E-state index contributed by atoms with van der Waals surface area (Å²) in [4.78, 5) is 39.3. The van der Waals surface area contributed by atoms with E-state index in [4.69, 9.17) is 14.2 Å². The average molecular weight is 487 g/mol. The van der Waals surface area contributed by atoms with Crippen molar-refractivity contribution < 1.29 is 28.6 Å². The van der Waals surface area contributed by atoms with Crippen LogP contribution >= 0.6 is 0 Å². The second kappa shape index (κ2) is 10.8. The number of nitrogens with zero attached hydrogens (tertiary/aromatic N) is 1. The van der Waals surface area contributed by atoms with E-state index in [0.29, 0.717) is 41.7 Å². The Balaban J connectivity index is 1.56. The minimum Gasteiger partial charge on any atom is -0.497 e. The van der Waals surface area contributed by atoms with Crippen molar-refractivity contribution >= 4 is 29.6 Å². The molecule has 36 heavy (non-hydrogen) atoms. The zero-order valence-electron chi connectivity index (χ0n) is 20.2. The van der Waals surface area contributed by atoms with E-state index in [1.807, 2.05) is 38.1 Å². The second-order valence-electron chi connectivity index (χ2n) is 8.06. The SMILES string of the molecule is CCOc1cc(OC)ccc1/C=C1\C(=O)NC(=O)N(c2ccc(OCc3ccc(C)cc3)cc2)C1=O. The maximum atomic E-state index is 13.2. The van der Waals surface area contributed by atoms with Gasteiger partial charge in [-0.1, -0.05) is 29.8 Å². The van der Waals surface area contributed by atoms with Crippen LogP contribution in [0.1, 0.15) is 23.6 Å². The van der Waals surface area contributed by atoms with Crippen molar-refractivity contribution in [3.05, 3.63) is 89.0 Å². The van der Waals surface area contributed by atoms with Gasteiger partial charge in [-0.05, 0) is 61.9 Å². The third-order valence-electron chi connectivity index (χ3n) is 5.54. The summed E-state index contributed by atoms with van der Waals surface area (Å²) in [7, 11) is 1.53. The predicted octanol–water partition coefficient (Wildman–Crippen LogP) is 4.65. The van der Waals surface area contributed by atoms with Crippen molar-refractivity contribution in [1.82, 2.24) is 5.32 Å². The lowest BCUT2D eigenvalue weighted by molar-refractivity contribution is -0.122. The Hall–Kier alpha value is -4.59. The molecule has 0 atom stereocenters. The number of imide groups is 2. The van der Waals surface area contributed by atoms with Crippen molar-refractivity contribution in [3.63, 3.8) is 0 Å². The second-order valence-corrected chi connectivity index (χ2v) is 8.06. The number of aryl methyl sites for hydroxylation is 1. The topological polar surface area (TPSA) is 94.2 Å². The molecule has 8 heteroatoms. The van der Waals surface area contributed by atoms with Gasteiger partial charge in [0.25, 0.3) is 11.8 Å². The van der Waals surface area contributed by atoms with Gasteiger partial charge in [0.05, 0.1) is 19.4 Å². The summed E-state index contributed by atoms with van der Waals surface area (Å²) < 4.78 is 16.7. The number of ether oxygens (including phenoxy) is 3. The molecule has 0 radical (unpaired) electrons. The van der Waals surface area contributed by atoms with E-state index in [0.717, 1.165) is 10.5 Å². The highest BCUT2D eigenvalue weighted by atomic mass is 16.5. The van der Waals surface area contributed by atoms with Crippen LogP contribution < -0.4 is 24.4 Å². The summed E-state index contributed by atoms with van der Waals surface area (Å²) in [5.41, 5.74) is 2.80. The summed E-state index contributed by atoms with van der Waals surface area (Å²) in [6, 6.07) is 18.7. The summed E-state index contributed by atoms with van der Waals surface area (Å²) >= 11 is 0. The van der Waals surface area contributed by atoms with Gasteiger partial charge in [-0.15, -0.1) is 0 Å². The number of hydrogen-bond donors (Lipinski definition) is 1. The van der Waals surface area contributed by atoms with Gasteiger partial charge in [0.1, 0.15) is 29.4 Å². The lowest BCUT2D eigenvalue weighted by Crippen LogP contribution is -2.54. The van der Waals surface area contributed by atoms with Crippen molar-refractivity contribution in [2.24, 2.45) is 0 Å². The highest BCUT2D eigenvalue weighted by Gasteiger charge is 2.37. The Morgan fingerprint density at radius 3 is 2.25 bits per heavy atom. The summed E-state index contributed by atoms with van der Waals surface area (Å²) in [5.74, 6) is 0.0773. The van der Waals surface area contributed by atoms with Crippen LogP contribution in [-0.2, 0) is 16.2 Å². The number of rotatable bonds is 8. The molecule has 1 N–H and O–H groups in total. The van der Waals surface area contributed by atoms with Crippen LogP contribution in [0, 0.1) is 6.92 Å².